The summed E-state index contributed by atoms with van der Waals surface area (Å²) in [6.45, 7) is 3.87. The number of hydrogen-bond donors (Lipinski definition) is 1. The van der Waals surface area contributed by atoms with E-state index >= 15 is 0 Å². The Kier molecular flexibility index (Phi) is 2.98. The van der Waals surface area contributed by atoms with Gasteiger partial charge < -0.3 is 10.5 Å². The Morgan fingerprint density at radius 1 is 1.29 bits per heavy atom. The second-order valence-corrected chi connectivity index (χ2v) is 4.41. The Balaban J connectivity index is 2.33. The third kappa shape index (κ3) is 2.36. The van der Waals surface area contributed by atoms with Crippen molar-refractivity contribution < 1.29 is 4.74 Å². The second-order valence-electron chi connectivity index (χ2n) is 4.04. The molecule has 0 spiro atoms. The van der Waals surface area contributed by atoms with E-state index in [1.54, 1.807) is 17.9 Å². The minimum atomic E-state index is 0.411. The lowest BCUT2D eigenvalue weighted by atomic mass is 10.1. The molecule has 5 heteroatoms. The number of anilines is 1. The van der Waals surface area contributed by atoms with Gasteiger partial charge in [-0.1, -0.05) is 11.6 Å². The highest BCUT2D eigenvalue weighted by Gasteiger charge is 2.09. The standard InChI is InChI=1S/C12H14ClN3O/c1-7-4-9(5-8(2)11(7)13)17-12-10(14)6-16(3)15-12/h4-6H,14H2,1-3H3. The first-order valence-electron chi connectivity index (χ1n) is 5.21. The molecule has 1 aromatic heterocycles. The van der Waals surface area contributed by atoms with E-state index in [0.29, 0.717) is 17.3 Å². The van der Waals surface area contributed by atoms with Gasteiger partial charge in [0.1, 0.15) is 11.4 Å². The molecule has 0 saturated carbocycles. The molecule has 0 atom stereocenters. The van der Waals surface area contributed by atoms with Gasteiger partial charge in [0.2, 0.25) is 0 Å². The zero-order valence-corrected chi connectivity index (χ0v) is 10.7. The Morgan fingerprint density at radius 2 is 1.88 bits per heavy atom. The molecule has 0 aliphatic rings. The topological polar surface area (TPSA) is 53.1 Å². The molecule has 0 bridgehead atoms. The van der Waals surface area contributed by atoms with Crippen molar-refractivity contribution in [3.8, 4) is 11.6 Å². The highest BCUT2D eigenvalue weighted by atomic mass is 35.5. The van der Waals surface area contributed by atoms with E-state index in [2.05, 4.69) is 5.10 Å². The zero-order valence-electron chi connectivity index (χ0n) is 9.99. The van der Waals surface area contributed by atoms with Crippen LogP contribution in [0.2, 0.25) is 5.02 Å². The van der Waals surface area contributed by atoms with Crippen LogP contribution in [0.25, 0.3) is 0 Å². The van der Waals surface area contributed by atoms with Crippen LogP contribution in [0.5, 0.6) is 11.6 Å². The summed E-state index contributed by atoms with van der Waals surface area (Å²) < 4.78 is 7.24. The molecule has 0 aliphatic heterocycles. The summed E-state index contributed by atoms with van der Waals surface area (Å²) >= 11 is 6.09. The van der Waals surface area contributed by atoms with E-state index in [9.17, 15) is 0 Å². The number of aromatic nitrogens is 2. The number of hydrogen-bond acceptors (Lipinski definition) is 3. The van der Waals surface area contributed by atoms with Crippen LogP contribution < -0.4 is 10.5 Å². The van der Waals surface area contributed by atoms with Crippen LogP contribution in [0.4, 0.5) is 5.69 Å². The van der Waals surface area contributed by atoms with Crippen molar-refractivity contribution in [2.24, 2.45) is 7.05 Å². The van der Waals surface area contributed by atoms with Crippen molar-refractivity contribution in [3.05, 3.63) is 34.5 Å². The predicted molar refractivity (Wildman–Crippen MR) is 68.6 cm³/mol. The van der Waals surface area contributed by atoms with Gasteiger partial charge in [-0.05, 0) is 37.1 Å². The Labute approximate surface area is 105 Å². The van der Waals surface area contributed by atoms with Crippen molar-refractivity contribution in [2.45, 2.75) is 13.8 Å². The van der Waals surface area contributed by atoms with Gasteiger partial charge in [-0.25, -0.2) is 0 Å². The lowest BCUT2D eigenvalue weighted by Crippen LogP contribution is -1.92. The van der Waals surface area contributed by atoms with Crippen molar-refractivity contribution >= 4 is 17.3 Å². The molecule has 2 N–H and O–H groups in total. The van der Waals surface area contributed by atoms with Crippen LogP contribution in [0.15, 0.2) is 18.3 Å². The summed E-state index contributed by atoms with van der Waals surface area (Å²) in [7, 11) is 1.79. The summed E-state index contributed by atoms with van der Waals surface area (Å²) in [6.07, 6.45) is 1.70. The first kappa shape index (κ1) is 11.8. The normalized spacial score (nSPS) is 10.6. The first-order valence-corrected chi connectivity index (χ1v) is 5.59. The number of ether oxygens (including phenoxy) is 1. The van der Waals surface area contributed by atoms with Crippen LogP contribution in [-0.4, -0.2) is 9.78 Å². The van der Waals surface area contributed by atoms with Gasteiger partial charge in [-0.2, -0.15) is 0 Å². The molecule has 17 heavy (non-hydrogen) atoms. The Morgan fingerprint density at radius 3 is 2.35 bits per heavy atom. The fraction of sp³-hybridized carbons (Fsp3) is 0.250. The monoisotopic (exact) mass is 251 g/mol. The number of halogens is 1. The van der Waals surface area contributed by atoms with Gasteiger partial charge in [-0.15, -0.1) is 5.10 Å². The molecule has 4 nitrogen and oxygen atoms in total. The zero-order chi connectivity index (χ0) is 12.6. The van der Waals surface area contributed by atoms with Gasteiger partial charge in [-0.3, -0.25) is 4.68 Å². The highest BCUT2D eigenvalue weighted by Crippen LogP contribution is 2.30. The lowest BCUT2D eigenvalue weighted by molar-refractivity contribution is 0.455. The van der Waals surface area contributed by atoms with Crippen LogP contribution in [-0.2, 0) is 7.05 Å². The summed E-state index contributed by atoms with van der Waals surface area (Å²) in [5.41, 5.74) is 8.21. The van der Waals surface area contributed by atoms with Crippen molar-refractivity contribution in [1.29, 1.82) is 0 Å². The molecule has 2 aromatic rings. The largest absolute Gasteiger partial charge is 0.436 e. The van der Waals surface area contributed by atoms with E-state index in [1.165, 1.54) is 0 Å². The maximum Gasteiger partial charge on any atom is 0.261 e. The highest BCUT2D eigenvalue weighted by molar-refractivity contribution is 6.32. The number of rotatable bonds is 2. The van der Waals surface area contributed by atoms with Crippen LogP contribution >= 0.6 is 11.6 Å². The number of nitrogens with zero attached hydrogens (tertiary/aromatic N) is 2. The van der Waals surface area contributed by atoms with E-state index in [0.717, 1.165) is 16.1 Å². The molecule has 90 valence electrons. The van der Waals surface area contributed by atoms with E-state index in [1.807, 2.05) is 26.0 Å². The quantitative estimate of drug-likeness (QED) is 0.893. The molecule has 0 aliphatic carbocycles. The Hall–Kier alpha value is -1.68. The fourth-order valence-corrected chi connectivity index (χ4v) is 1.75. The molecule has 0 saturated heterocycles. The molecule has 0 unspecified atom stereocenters. The third-order valence-corrected chi connectivity index (χ3v) is 3.04. The van der Waals surface area contributed by atoms with Gasteiger partial charge in [0.15, 0.2) is 0 Å². The summed E-state index contributed by atoms with van der Waals surface area (Å²) in [4.78, 5) is 0. The molecule has 2 rings (SSSR count). The third-order valence-electron chi connectivity index (χ3n) is 2.45. The van der Waals surface area contributed by atoms with E-state index < -0.39 is 0 Å². The number of nitrogens with two attached hydrogens (primary N) is 1. The summed E-state index contributed by atoms with van der Waals surface area (Å²) in [6, 6.07) is 3.73. The van der Waals surface area contributed by atoms with Gasteiger partial charge in [0.05, 0.1) is 6.20 Å². The maximum absolute atomic E-state index is 6.09. The smallest absolute Gasteiger partial charge is 0.261 e. The number of benzene rings is 1. The van der Waals surface area contributed by atoms with E-state index in [4.69, 9.17) is 22.1 Å². The van der Waals surface area contributed by atoms with Crippen LogP contribution in [0.3, 0.4) is 0 Å². The van der Waals surface area contributed by atoms with E-state index in [-0.39, 0.29) is 0 Å². The van der Waals surface area contributed by atoms with Crippen LogP contribution in [0.1, 0.15) is 11.1 Å². The molecule has 0 radical (unpaired) electrons. The maximum atomic E-state index is 6.09. The molecule has 1 aromatic carbocycles. The molecular formula is C12H14ClN3O. The molecular weight excluding hydrogens is 238 g/mol. The molecule has 0 amide bonds. The number of nitrogen functional groups attached to an aromatic ring is 1. The van der Waals surface area contributed by atoms with Crippen molar-refractivity contribution in [2.75, 3.05) is 5.73 Å². The summed E-state index contributed by atoms with van der Waals surface area (Å²) in [5.74, 6) is 1.10. The van der Waals surface area contributed by atoms with Crippen molar-refractivity contribution in [3.63, 3.8) is 0 Å². The first-order chi connectivity index (χ1) is 7.97. The molecule has 1 heterocycles. The average Bonchev–Trinajstić information content (AvgIpc) is 2.54. The average molecular weight is 252 g/mol. The lowest BCUT2D eigenvalue weighted by Gasteiger charge is -2.08. The summed E-state index contributed by atoms with van der Waals surface area (Å²) in [5, 5.41) is 4.88. The minimum Gasteiger partial charge on any atom is -0.436 e. The van der Waals surface area contributed by atoms with Gasteiger partial charge in [0, 0.05) is 12.1 Å². The molecule has 0 fully saturated rings. The SMILES string of the molecule is Cc1cc(Oc2nn(C)cc2N)cc(C)c1Cl. The van der Waals surface area contributed by atoms with Crippen LogP contribution in [0, 0.1) is 13.8 Å². The van der Waals surface area contributed by atoms with Gasteiger partial charge >= 0.3 is 0 Å². The van der Waals surface area contributed by atoms with Gasteiger partial charge in [0.25, 0.3) is 5.88 Å². The number of aryl methyl sites for hydroxylation is 3. The minimum absolute atomic E-state index is 0.411. The fourth-order valence-electron chi connectivity index (χ4n) is 1.64. The second kappa shape index (κ2) is 4.30. The van der Waals surface area contributed by atoms with Crippen molar-refractivity contribution in [1.82, 2.24) is 9.78 Å². The predicted octanol–water partition coefficient (Wildman–Crippen LogP) is 3.06. The Bertz CT molecular complexity index is 540.